The van der Waals surface area contributed by atoms with E-state index in [9.17, 15) is 4.79 Å². The molecule has 0 saturated carbocycles. The molecule has 0 spiro atoms. The highest BCUT2D eigenvalue weighted by Gasteiger charge is 2.18. The number of benzene rings is 1. The van der Waals surface area contributed by atoms with Crippen molar-refractivity contribution >= 4 is 27.6 Å². The molecule has 0 aliphatic rings. The number of anilines is 1. The number of unbranched alkanes of at least 4 members (excludes halogenated alkanes) is 1. The zero-order valence-electron chi connectivity index (χ0n) is 9.90. The summed E-state index contributed by atoms with van der Waals surface area (Å²) >= 11 is 3.24. The normalized spacial score (nSPS) is 9.61. The Morgan fingerprint density at radius 3 is 2.89 bits per heavy atom. The average Bonchev–Trinajstić information content (AvgIpc) is 2.35. The summed E-state index contributed by atoms with van der Waals surface area (Å²) in [4.78, 5) is 11.8. The number of nitrogens with zero attached hydrogens (tertiary/aromatic N) is 1. The molecule has 5 nitrogen and oxygen atoms in total. The van der Waals surface area contributed by atoms with Crippen LogP contribution in [0.3, 0.4) is 0 Å². The Morgan fingerprint density at radius 2 is 2.28 bits per heavy atom. The molecule has 0 unspecified atom stereocenters. The molecule has 0 saturated heterocycles. The van der Waals surface area contributed by atoms with E-state index in [1.807, 2.05) is 6.07 Å². The van der Waals surface area contributed by atoms with Gasteiger partial charge in [-0.05, 0) is 34.5 Å². The van der Waals surface area contributed by atoms with E-state index in [0.29, 0.717) is 23.1 Å². The van der Waals surface area contributed by atoms with Gasteiger partial charge >= 0.3 is 5.97 Å². The van der Waals surface area contributed by atoms with Crippen LogP contribution in [0.25, 0.3) is 0 Å². The van der Waals surface area contributed by atoms with Crippen molar-refractivity contribution in [1.29, 1.82) is 5.26 Å². The van der Waals surface area contributed by atoms with E-state index in [1.165, 1.54) is 7.11 Å². The van der Waals surface area contributed by atoms with Crippen molar-refractivity contribution < 1.29 is 14.3 Å². The van der Waals surface area contributed by atoms with E-state index in [2.05, 4.69) is 15.9 Å². The molecule has 1 aromatic rings. The van der Waals surface area contributed by atoms with Crippen LogP contribution in [-0.2, 0) is 4.74 Å². The first-order valence-electron chi connectivity index (χ1n) is 5.27. The summed E-state index contributed by atoms with van der Waals surface area (Å²) in [5, 5.41) is 8.37. The largest absolute Gasteiger partial charge is 0.495 e. The molecule has 18 heavy (non-hydrogen) atoms. The van der Waals surface area contributed by atoms with Crippen molar-refractivity contribution in [3.63, 3.8) is 0 Å². The van der Waals surface area contributed by atoms with Crippen LogP contribution >= 0.6 is 15.9 Å². The van der Waals surface area contributed by atoms with Gasteiger partial charge in [-0.2, -0.15) is 5.26 Å². The van der Waals surface area contributed by atoms with E-state index in [4.69, 9.17) is 20.5 Å². The summed E-state index contributed by atoms with van der Waals surface area (Å²) in [5.74, 6) is -0.113. The van der Waals surface area contributed by atoms with E-state index in [1.54, 1.807) is 12.1 Å². The number of methoxy groups -OCH3 is 1. The lowest BCUT2D eigenvalue weighted by atomic mass is 10.1. The number of carbonyl (C=O) groups is 1. The summed E-state index contributed by atoms with van der Waals surface area (Å²) in [6, 6.07) is 5.30. The number of esters is 1. The van der Waals surface area contributed by atoms with Crippen LogP contribution in [0.5, 0.6) is 5.75 Å². The van der Waals surface area contributed by atoms with Gasteiger partial charge in [-0.15, -0.1) is 0 Å². The number of rotatable bonds is 5. The molecule has 0 aliphatic carbocycles. The van der Waals surface area contributed by atoms with Crippen molar-refractivity contribution in [3.05, 3.63) is 22.2 Å². The molecule has 0 aliphatic heterocycles. The molecule has 0 bridgehead atoms. The number of ether oxygens (including phenoxy) is 2. The number of hydrogen-bond acceptors (Lipinski definition) is 5. The monoisotopic (exact) mass is 312 g/mol. The Kier molecular flexibility index (Phi) is 5.46. The second-order valence-corrected chi connectivity index (χ2v) is 4.29. The molecule has 0 amide bonds. The molecule has 96 valence electrons. The maximum atomic E-state index is 11.8. The lowest BCUT2D eigenvalue weighted by Gasteiger charge is -2.11. The zero-order chi connectivity index (χ0) is 13.5. The van der Waals surface area contributed by atoms with Crippen LogP contribution in [0.2, 0.25) is 0 Å². The maximum absolute atomic E-state index is 11.8. The van der Waals surface area contributed by atoms with Gasteiger partial charge in [-0.25, -0.2) is 4.79 Å². The summed E-state index contributed by atoms with van der Waals surface area (Å²) in [6.07, 6.45) is 0.853. The summed E-state index contributed by atoms with van der Waals surface area (Å²) in [7, 11) is 1.47. The van der Waals surface area contributed by atoms with Crippen molar-refractivity contribution in [2.45, 2.75) is 12.8 Å². The highest BCUT2D eigenvalue weighted by molar-refractivity contribution is 9.10. The summed E-state index contributed by atoms with van der Waals surface area (Å²) in [6.45, 7) is 0.190. The number of nitriles is 1. The fourth-order valence-corrected chi connectivity index (χ4v) is 1.86. The number of nitrogens with two attached hydrogens (primary N) is 1. The molecule has 1 aromatic carbocycles. The van der Waals surface area contributed by atoms with Crippen LogP contribution in [0, 0.1) is 11.3 Å². The predicted octanol–water partition coefficient (Wildman–Crippen LogP) is 2.50. The number of halogens is 1. The standard InChI is InChI=1S/C12H13BrN2O3/c1-17-9-5-4-8(13)10(11(9)15)12(16)18-7-3-2-6-14/h4-5H,2-3,7,15H2,1H3. The van der Waals surface area contributed by atoms with Gasteiger partial charge in [0.15, 0.2) is 0 Å². The Hall–Kier alpha value is -1.74. The first-order valence-corrected chi connectivity index (χ1v) is 6.07. The Balaban J connectivity index is 2.82. The molecule has 1 rings (SSSR count). The quantitative estimate of drug-likeness (QED) is 0.513. The molecular weight excluding hydrogens is 300 g/mol. The molecule has 6 heteroatoms. The first kappa shape index (κ1) is 14.3. The SMILES string of the molecule is COc1ccc(Br)c(C(=O)OCCCC#N)c1N. The number of nitrogen functional groups attached to an aromatic ring is 1. The van der Waals surface area contributed by atoms with E-state index >= 15 is 0 Å². The van der Waals surface area contributed by atoms with Gasteiger partial charge in [-0.3, -0.25) is 0 Å². The van der Waals surface area contributed by atoms with Gasteiger partial charge in [0.05, 0.1) is 25.5 Å². The number of carbonyl (C=O) groups excluding carboxylic acids is 1. The minimum atomic E-state index is -0.531. The van der Waals surface area contributed by atoms with Gasteiger partial charge in [0.2, 0.25) is 0 Å². The fraction of sp³-hybridized carbons (Fsp3) is 0.333. The van der Waals surface area contributed by atoms with Crippen molar-refractivity contribution in [2.24, 2.45) is 0 Å². The average molecular weight is 313 g/mol. The number of hydrogen-bond donors (Lipinski definition) is 1. The Bertz CT molecular complexity index is 483. The summed E-state index contributed by atoms with van der Waals surface area (Å²) in [5.41, 5.74) is 6.29. The molecule has 0 heterocycles. The van der Waals surface area contributed by atoms with Crippen LogP contribution in [0.1, 0.15) is 23.2 Å². The maximum Gasteiger partial charge on any atom is 0.341 e. The fourth-order valence-electron chi connectivity index (χ4n) is 1.35. The minimum Gasteiger partial charge on any atom is -0.495 e. The Morgan fingerprint density at radius 1 is 1.56 bits per heavy atom. The second kappa shape index (κ2) is 6.87. The predicted molar refractivity (Wildman–Crippen MR) is 70.2 cm³/mol. The van der Waals surface area contributed by atoms with Crippen molar-refractivity contribution in [1.82, 2.24) is 0 Å². The highest BCUT2D eigenvalue weighted by atomic mass is 79.9. The van der Waals surface area contributed by atoms with Gasteiger partial charge in [0.25, 0.3) is 0 Å². The van der Waals surface area contributed by atoms with Gasteiger partial charge < -0.3 is 15.2 Å². The van der Waals surface area contributed by atoms with Crippen LogP contribution in [-0.4, -0.2) is 19.7 Å². The molecule has 0 radical (unpaired) electrons. The smallest absolute Gasteiger partial charge is 0.341 e. The molecule has 0 fully saturated rings. The van der Waals surface area contributed by atoms with Crippen molar-refractivity contribution in [2.75, 3.05) is 19.5 Å². The van der Waals surface area contributed by atoms with Crippen LogP contribution in [0.15, 0.2) is 16.6 Å². The van der Waals surface area contributed by atoms with E-state index in [0.717, 1.165) is 0 Å². The molecular formula is C12H13BrN2O3. The van der Waals surface area contributed by atoms with Gasteiger partial charge in [0, 0.05) is 10.9 Å². The Labute approximate surface area is 114 Å². The second-order valence-electron chi connectivity index (χ2n) is 3.44. The topological polar surface area (TPSA) is 85.3 Å². The molecule has 0 aromatic heterocycles. The van der Waals surface area contributed by atoms with Gasteiger partial charge in [0.1, 0.15) is 11.3 Å². The third-order valence-electron chi connectivity index (χ3n) is 2.24. The van der Waals surface area contributed by atoms with E-state index in [-0.39, 0.29) is 17.9 Å². The van der Waals surface area contributed by atoms with E-state index < -0.39 is 5.97 Å². The third-order valence-corrected chi connectivity index (χ3v) is 2.91. The van der Waals surface area contributed by atoms with Crippen LogP contribution < -0.4 is 10.5 Å². The highest BCUT2D eigenvalue weighted by Crippen LogP contribution is 2.31. The van der Waals surface area contributed by atoms with Gasteiger partial charge in [-0.1, -0.05) is 0 Å². The lowest BCUT2D eigenvalue weighted by molar-refractivity contribution is 0.0501. The minimum absolute atomic E-state index is 0.190. The summed E-state index contributed by atoms with van der Waals surface area (Å²) < 4.78 is 10.6. The molecule has 2 N–H and O–H groups in total. The third kappa shape index (κ3) is 3.37. The lowest BCUT2D eigenvalue weighted by Crippen LogP contribution is -2.11. The molecule has 0 atom stereocenters. The first-order chi connectivity index (χ1) is 8.61. The van der Waals surface area contributed by atoms with Crippen molar-refractivity contribution in [3.8, 4) is 11.8 Å². The zero-order valence-corrected chi connectivity index (χ0v) is 11.5. The van der Waals surface area contributed by atoms with Crippen LogP contribution in [0.4, 0.5) is 5.69 Å².